The van der Waals surface area contributed by atoms with E-state index in [-0.39, 0.29) is 23.7 Å². The van der Waals surface area contributed by atoms with Gasteiger partial charge in [-0.25, -0.2) is 0 Å². The first-order valence-corrected chi connectivity index (χ1v) is 6.45. The van der Waals surface area contributed by atoms with Crippen molar-refractivity contribution < 1.29 is 14.9 Å². The Labute approximate surface area is 112 Å². The highest BCUT2D eigenvalue weighted by molar-refractivity contribution is 4.91. The predicted octanol–water partition coefficient (Wildman–Crippen LogP) is 2.59. The monoisotopic (exact) mass is 259 g/mol. The lowest BCUT2D eigenvalue weighted by Gasteiger charge is -2.43. The summed E-state index contributed by atoms with van der Waals surface area (Å²) in [6.07, 6.45) is 2.78. The molecule has 0 aliphatic heterocycles. The summed E-state index contributed by atoms with van der Waals surface area (Å²) in [5.41, 5.74) is -0.138. The fraction of sp³-hybridized carbons (Fsp3) is 0.857. The third-order valence-corrected chi connectivity index (χ3v) is 3.95. The molecule has 0 fully saturated rings. The first kappa shape index (κ1) is 17.4. The summed E-state index contributed by atoms with van der Waals surface area (Å²) in [6, 6.07) is 0. The second kappa shape index (κ2) is 7.12. The molecule has 0 saturated carbocycles. The highest BCUT2D eigenvalue weighted by Crippen LogP contribution is 2.36. The van der Waals surface area contributed by atoms with Crippen molar-refractivity contribution >= 4 is 0 Å². The summed E-state index contributed by atoms with van der Waals surface area (Å²) in [6.45, 7) is 11.9. The molecule has 0 aromatic rings. The molecule has 0 aromatic carbocycles. The molecule has 0 rings (SSSR count). The molecule has 2 atom stereocenters. The molecule has 1 N–H and O–H groups in total. The highest BCUT2D eigenvalue weighted by Gasteiger charge is 2.39. The molecule has 0 aliphatic rings. The smallest absolute Gasteiger partial charge is 0.133 e. The molecule has 0 radical (unpaired) electrons. The van der Waals surface area contributed by atoms with Gasteiger partial charge in [-0.05, 0) is 39.3 Å². The molecule has 0 saturated heterocycles. The molecule has 0 bridgehead atoms. The lowest BCUT2D eigenvalue weighted by atomic mass is 9.74. The van der Waals surface area contributed by atoms with Crippen LogP contribution in [-0.4, -0.2) is 42.4 Å². The van der Waals surface area contributed by atoms with Crippen LogP contribution in [0.2, 0.25) is 0 Å². The van der Waals surface area contributed by atoms with Crippen LogP contribution in [0.4, 0.5) is 0 Å². The van der Waals surface area contributed by atoms with Gasteiger partial charge in [0.05, 0.1) is 6.61 Å². The van der Waals surface area contributed by atoms with E-state index in [1.165, 1.54) is 6.26 Å². The van der Waals surface area contributed by atoms with Crippen LogP contribution >= 0.6 is 0 Å². The Morgan fingerprint density at radius 1 is 1.33 bits per heavy atom. The van der Waals surface area contributed by atoms with Crippen molar-refractivity contribution in [3.8, 4) is 0 Å². The minimum Gasteiger partial charge on any atom is -0.393 e. The predicted molar refractivity (Wildman–Crippen MR) is 74.0 cm³/mol. The number of rotatable bonds is 9. The molecule has 4 heteroatoms. The fourth-order valence-electron chi connectivity index (χ4n) is 2.21. The van der Waals surface area contributed by atoms with Gasteiger partial charge in [-0.2, -0.15) is 4.89 Å². The van der Waals surface area contributed by atoms with Crippen LogP contribution in [0.15, 0.2) is 12.8 Å². The molecule has 4 nitrogen and oxygen atoms in total. The number of hydrogen-bond acceptors (Lipinski definition) is 4. The molecule has 2 unspecified atom stereocenters. The van der Waals surface area contributed by atoms with E-state index in [0.29, 0.717) is 0 Å². The molecule has 0 aliphatic carbocycles. The summed E-state index contributed by atoms with van der Waals surface area (Å²) in [7, 11) is 4.16. The van der Waals surface area contributed by atoms with Crippen molar-refractivity contribution in [1.82, 2.24) is 4.90 Å². The summed E-state index contributed by atoms with van der Waals surface area (Å²) >= 11 is 0. The van der Waals surface area contributed by atoms with Crippen LogP contribution in [0.1, 0.15) is 40.5 Å². The van der Waals surface area contributed by atoms with Crippen LogP contribution in [0.25, 0.3) is 0 Å². The SMILES string of the molecule is C=COOC(CO)C(C)(C)CC(C)(CC)N(C)C. The van der Waals surface area contributed by atoms with Crippen molar-refractivity contribution in [3.05, 3.63) is 12.8 Å². The summed E-state index contributed by atoms with van der Waals surface area (Å²) in [5, 5.41) is 9.44. The van der Waals surface area contributed by atoms with Crippen molar-refractivity contribution in [2.24, 2.45) is 5.41 Å². The quantitative estimate of drug-likeness (QED) is 0.392. The Kier molecular flexibility index (Phi) is 6.89. The van der Waals surface area contributed by atoms with Crippen LogP contribution in [0.3, 0.4) is 0 Å². The van der Waals surface area contributed by atoms with E-state index in [0.717, 1.165) is 12.8 Å². The zero-order valence-electron chi connectivity index (χ0n) is 12.7. The molecule has 0 amide bonds. The van der Waals surface area contributed by atoms with Gasteiger partial charge in [-0.15, -0.1) is 0 Å². The van der Waals surface area contributed by atoms with Crippen LogP contribution in [-0.2, 0) is 9.78 Å². The standard InChI is InChI=1S/C14H29NO3/c1-8-14(5,15(6)7)11-13(3,4)12(10-16)18-17-9-2/h9,12,16H,2,8,10-11H2,1,3-7H3. The van der Waals surface area contributed by atoms with Crippen LogP contribution in [0, 0.1) is 5.41 Å². The van der Waals surface area contributed by atoms with E-state index in [1.54, 1.807) is 0 Å². The Morgan fingerprint density at radius 3 is 2.22 bits per heavy atom. The maximum atomic E-state index is 9.44. The van der Waals surface area contributed by atoms with Gasteiger partial charge in [0.15, 0.2) is 0 Å². The van der Waals surface area contributed by atoms with Crippen LogP contribution in [0.5, 0.6) is 0 Å². The molecule has 0 heterocycles. The second-order valence-electron chi connectivity index (χ2n) is 5.94. The average molecular weight is 259 g/mol. The van der Waals surface area contributed by atoms with E-state index < -0.39 is 0 Å². The average Bonchev–Trinajstić information content (AvgIpc) is 2.28. The molecule has 0 aromatic heterocycles. The normalized spacial score (nSPS) is 17.3. The third-order valence-electron chi connectivity index (χ3n) is 3.95. The fourth-order valence-corrected chi connectivity index (χ4v) is 2.21. The van der Waals surface area contributed by atoms with Gasteiger partial charge in [-0.1, -0.05) is 27.4 Å². The lowest BCUT2D eigenvalue weighted by molar-refractivity contribution is -0.313. The maximum Gasteiger partial charge on any atom is 0.133 e. The topological polar surface area (TPSA) is 41.9 Å². The van der Waals surface area contributed by atoms with Gasteiger partial charge in [-0.3, -0.25) is 0 Å². The van der Waals surface area contributed by atoms with Gasteiger partial charge in [0.2, 0.25) is 0 Å². The Balaban J connectivity index is 4.82. The molecule has 0 spiro atoms. The van der Waals surface area contributed by atoms with Gasteiger partial charge in [0, 0.05) is 5.54 Å². The van der Waals surface area contributed by atoms with E-state index in [1.807, 2.05) is 0 Å². The maximum absolute atomic E-state index is 9.44. The van der Waals surface area contributed by atoms with E-state index in [4.69, 9.17) is 9.78 Å². The Bertz CT molecular complexity index is 253. The van der Waals surface area contributed by atoms with Gasteiger partial charge < -0.3 is 14.9 Å². The second-order valence-corrected chi connectivity index (χ2v) is 5.94. The number of aliphatic hydroxyl groups excluding tert-OH is 1. The third kappa shape index (κ3) is 4.59. The van der Waals surface area contributed by atoms with E-state index in [2.05, 4.69) is 53.3 Å². The Hall–Kier alpha value is -0.580. The molecular formula is C14H29NO3. The zero-order valence-corrected chi connectivity index (χ0v) is 12.7. The number of hydrogen-bond donors (Lipinski definition) is 1. The van der Waals surface area contributed by atoms with Gasteiger partial charge in [0.1, 0.15) is 12.4 Å². The summed E-state index contributed by atoms with van der Waals surface area (Å²) in [5.74, 6) is 0. The summed E-state index contributed by atoms with van der Waals surface area (Å²) in [4.78, 5) is 12.2. The molecule has 108 valence electrons. The van der Waals surface area contributed by atoms with E-state index in [9.17, 15) is 5.11 Å². The van der Waals surface area contributed by atoms with E-state index >= 15 is 0 Å². The van der Waals surface area contributed by atoms with Crippen molar-refractivity contribution in [2.45, 2.75) is 52.2 Å². The first-order valence-electron chi connectivity index (χ1n) is 6.45. The first-order chi connectivity index (χ1) is 8.23. The zero-order chi connectivity index (χ0) is 14.4. The Morgan fingerprint density at radius 2 is 1.89 bits per heavy atom. The number of aliphatic hydroxyl groups is 1. The van der Waals surface area contributed by atoms with Crippen molar-refractivity contribution in [2.75, 3.05) is 20.7 Å². The largest absolute Gasteiger partial charge is 0.393 e. The molecule has 18 heavy (non-hydrogen) atoms. The van der Waals surface area contributed by atoms with Crippen molar-refractivity contribution in [1.29, 1.82) is 0 Å². The van der Waals surface area contributed by atoms with Crippen LogP contribution < -0.4 is 0 Å². The molecular weight excluding hydrogens is 230 g/mol. The minimum absolute atomic E-state index is 0.0639. The number of nitrogens with zero attached hydrogens (tertiary/aromatic N) is 1. The van der Waals surface area contributed by atoms with Gasteiger partial charge in [0.25, 0.3) is 0 Å². The lowest BCUT2D eigenvalue weighted by Crippen LogP contribution is -2.48. The minimum atomic E-state index is -0.374. The highest BCUT2D eigenvalue weighted by atomic mass is 17.2. The van der Waals surface area contributed by atoms with Crippen molar-refractivity contribution in [3.63, 3.8) is 0 Å². The summed E-state index contributed by atoms with van der Waals surface area (Å²) < 4.78 is 0. The van der Waals surface area contributed by atoms with Gasteiger partial charge >= 0.3 is 0 Å².